The molecule has 2 heterocycles. The van der Waals surface area contributed by atoms with Crippen molar-refractivity contribution in [3.05, 3.63) is 72.7 Å². The summed E-state index contributed by atoms with van der Waals surface area (Å²) in [6, 6.07) is 17.6. The summed E-state index contributed by atoms with van der Waals surface area (Å²) in [5, 5.41) is 6.64. The van der Waals surface area contributed by atoms with Crippen molar-refractivity contribution >= 4 is 17.5 Å². The number of rotatable bonds is 9. The van der Waals surface area contributed by atoms with Crippen molar-refractivity contribution in [3.63, 3.8) is 0 Å². The van der Waals surface area contributed by atoms with E-state index in [2.05, 4.69) is 49.6 Å². The summed E-state index contributed by atoms with van der Waals surface area (Å²) in [4.78, 5) is 17.8. The lowest BCUT2D eigenvalue weighted by atomic mass is 10.1. The van der Waals surface area contributed by atoms with E-state index in [0.717, 1.165) is 11.1 Å². The van der Waals surface area contributed by atoms with Crippen LogP contribution in [0.1, 0.15) is 18.5 Å². The molecule has 0 fully saturated rings. The standard InChI is InChI=1S/C25H26N6O3/c1-16(17-9-6-5-7-10-17)29-23-19(11-8-12-26-23)24-27-15-28-25(31-24)30-18-13-20(32-2)22(34-4)21(14-18)33-3/h5-16H,1-4H3,(H,26,29)(H,27,28,30,31)/t16-/m1/s1. The van der Waals surface area contributed by atoms with Crippen LogP contribution in [0.15, 0.2) is 67.1 Å². The van der Waals surface area contributed by atoms with Gasteiger partial charge in [0, 0.05) is 30.1 Å². The van der Waals surface area contributed by atoms with Crippen LogP contribution < -0.4 is 24.8 Å². The second kappa shape index (κ2) is 10.5. The van der Waals surface area contributed by atoms with Gasteiger partial charge in [0.15, 0.2) is 17.3 Å². The van der Waals surface area contributed by atoms with E-state index in [1.165, 1.54) is 6.33 Å². The van der Waals surface area contributed by atoms with Gasteiger partial charge in [-0.1, -0.05) is 30.3 Å². The Bertz CT molecular complexity index is 1230. The molecule has 0 aliphatic heterocycles. The first-order chi connectivity index (χ1) is 16.6. The normalized spacial score (nSPS) is 11.4. The summed E-state index contributed by atoms with van der Waals surface area (Å²) in [7, 11) is 4.69. The summed E-state index contributed by atoms with van der Waals surface area (Å²) in [5.74, 6) is 3.08. The van der Waals surface area contributed by atoms with E-state index in [0.29, 0.717) is 40.5 Å². The van der Waals surface area contributed by atoms with Gasteiger partial charge in [0.1, 0.15) is 12.1 Å². The van der Waals surface area contributed by atoms with E-state index in [4.69, 9.17) is 14.2 Å². The fourth-order valence-corrected chi connectivity index (χ4v) is 3.50. The second-order valence-electron chi connectivity index (χ2n) is 7.35. The summed E-state index contributed by atoms with van der Waals surface area (Å²) >= 11 is 0. The van der Waals surface area contributed by atoms with Gasteiger partial charge in [0.2, 0.25) is 11.7 Å². The van der Waals surface area contributed by atoms with Gasteiger partial charge in [-0.2, -0.15) is 4.98 Å². The topological polar surface area (TPSA) is 103 Å². The van der Waals surface area contributed by atoms with E-state index in [-0.39, 0.29) is 6.04 Å². The third-order valence-corrected chi connectivity index (χ3v) is 5.19. The Morgan fingerprint density at radius 1 is 0.824 bits per heavy atom. The van der Waals surface area contributed by atoms with Crippen LogP contribution in [0.3, 0.4) is 0 Å². The molecule has 9 heteroatoms. The molecule has 1 atom stereocenters. The summed E-state index contributed by atoms with van der Waals surface area (Å²) < 4.78 is 16.2. The highest BCUT2D eigenvalue weighted by Crippen LogP contribution is 2.40. The fraction of sp³-hybridized carbons (Fsp3) is 0.200. The number of ether oxygens (including phenoxy) is 3. The lowest BCUT2D eigenvalue weighted by Crippen LogP contribution is -2.09. The number of benzene rings is 2. The van der Waals surface area contributed by atoms with Crippen LogP contribution in [-0.2, 0) is 0 Å². The maximum atomic E-state index is 5.42. The first-order valence-electron chi connectivity index (χ1n) is 10.7. The molecule has 2 N–H and O–H groups in total. The van der Waals surface area contributed by atoms with Gasteiger partial charge in [-0.3, -0.25) is 0 Å². The number of pyridine rings is 1. The highest BCUT2D eigenvalue weighted by Gasteiger charge is 2.16. The SMILES string of the molecule is COc1cc(Nc2ncnc(-c3cccnc3N[C@H](C)c3ccccc3)n2)cc(OC)c1OC. The average Bonchev–Trinajstić information content (AvgIpc) is 2.89. The zero-order valence-corrected chi connectivity index (χ0v) is 19.4. The molecule has 34 heavy (non-hydrogen) atoms. The van der Waals surface area contributed by atoms with Crippen molar-refractivity contribution in [1.82, 2.24) is 19.9 Å². The van der Waals surface area contributed by atoms with Gasteiger partial charge in [-0.15, -0.1) is 0 Å². The molecule has 4 aromatic rings. The number of nitrogens with one attached hydrogen (secondary N) is 2. The van der Waals surface area contributed by atoms with Crippen molar-refractivity contribution in [1.29, 1.82) is 0 Å². The minimum atomic E-state index is 0.0495. The molecule has 0 amide bonds. The molecule has 9 nitrogen and oxygen atoms in total. The number of hydrogen-bond donors (Lipinski definition) is 2. The van der Waals surface area contributed by atoms with Crippen molar-refractivity contribution in [2.75, 3.05) is 32.0 Å². The molecule has 0 aliphatic carbocycles. The minimum Gasteiger partial charge on any atom is -0.493 e. The smallest absolute Gasteiger partial charge is 0.230 e. The molecule has 0 bridgehead atoms. The van der Waals surface area contributed by atoms with Crippen LogP contribution in [0.25, 0.3) is 11.4 Å². The van der Waals surface area contributed by atoms with Gasteiger partial charge < -0.3 is 24.8 Å². The average molecular weight is 459 g/mol. The number of nitrogens with zero attached hydrogens (tertiary/aromatic N) is 4. The summed E-state index contributed by atoms with van der Waals surface area (Å²) in [6.45, 7) is 2.08. The zero-order chi connectivity index (χ0) is 23.9. The first-order valence-corrected chi connectivity index (χ1v) is 10.7. The maximum absolute atomic E-state index is 5.42. The van der Waals surface area contributed by atoms with Crippen LogP contribution in [-0.4, -0.2) is 41.3 Å². The van der Waals surface area contributed by atoms with E-state index in [1.807, 2.05) is 30.3 Å². The molecule has 0 spiro atoms. The van der Waals surface area contributed by atoms with Gasteiger partial charge in [0.05, 0.1) is 26.9 Å². The van der Waals surface area contributed by atoms with Gasteiger partial charge in [-0.05, 0) is 24.6 Å². The Kier molecular flexibility index (Phi) is 7.02. The lowest BCUT2D eigenvalue weighted by Gasteiger charge is -2.17. The third kappa shape index (κ3) is 4.98. The van der Waals surface area contributed by atoms with Crippen molar-refractivity contribution in [3.8, 4) is 28.6 Å². The fourth-order valence-electron chi connectivity index (χ4n) is 3.50. The first kappa shape index (κ1) is 22.8. The van der Waals surface area contributed by atoms with E-state index >= 15 is 0 Å². The Hall–Kier alpha value is -4.40. The largest absolute Gasteiger partial charge is 0.493 e. The molecule has 2 aromatic heterocycles. The van der Waals surface area contributed by atoms with Gasteiger partial charge in [0.25, 0.3) is 0 Å². The minimum absolute atomic E-state index is 0.0495. The number of methoxy groups -OCH3 is 3. The molecule has 174 valence electrons. The van der Waals surface area contributed by atoms with Crippen molar-refractivity contribution in [2.24, 2.45) is 0 Å². The molecular formula is C25H26N6O3. The number of anilines is 3. The summed E-state index contributed by atoms with van der Waals surface area (Å²) in [5.41, 5.74) is 2.59. The van der Waals surface area contributed by atoms with Crippen LogP contribution in [0.2, 0.25) is 0 Å². The number of aromatic nitrogens is 4. The van der Waals surface area contributed by atoms with E-state index < -0.39 is 0 Å². The molecule has 0 unspecified atom stereocenters. The quantitative estimate of drug-likeness (QED) is 0.363. The monoisotopic (exact) mass is 458 g/mol. The van der Waals surface area contributed by atoms with Gasteiger partial charge in [-0.25, -0.2) is 15.0 Å². The molecule has 0 saturated carbocycles. The van der Waals surface area contributed by atoms with Crippen LogP contribution in [0, 0.1) is 0 Å². The van der Waals surface area contributed by atoms with E-state index in [9.17, 15) is 0 Å². The Morgan fingerprint density at radius 3 is 2.24 bits per heavy atom. The molecule has 4 rings (SSSR count). The summed E-state index contributed by atoms with van der Waals surface area (Å²) in [6.07, 6.45) is 3.19. The molecule has 2 aromatic carbocycles. The number of hydrogen-bond acceptors (Lipinski definition) is 9. The lowest BCUT2D eigenvalue weighted by molar-refractivity contribution is 0.324. The third-order valence-electron chi connectivity index (χ3n) is 5.19. The van der Waals surface area contributed by atoms with Crippen LogP contribution in [0.5, 0.6) is 17.2 Å². The predicted octanol–water partition coefficient (Wildman–Crippen LogP) is 4.88. The highest BCUT2D eigenvalue weighted by atomic mass is 16.5. The maximum Gasteiger partial charge on any atom is 0.230 e. The molecular weight excluding hydrogens is 432 g/mol. The predicted molar refractivity (Wildman–Crippen MR) is 131 cm³/mol. The van der Waals surface area contributed by atoms with Gasteiger partial charge >= 0.3 is 0 Å². The van der Waals surface area contributed by atoms with Crippen molar-refractivity contribution < 1.29 is 14.2 Å². The van der Waals surface area contributed by atoms with Crippen molar-refractivity contribution in [2.45, 2.75) is 13.0 Å². The van der Waals surface area contributed by atoms with E-state index in [1.54, 1.807) is 39.7 Å². The molecule has 0 saturated heterocycles. The molecule has 0 aliphatic rings. The Balaban J connectivity index is 1.62. The Labute approximate surface area is 198 Å². The Morgan fingerprint density at radius 2 is 1.56 bits per heavy atom. The van der Waals surface area contributed by atoms with Crippen LogP contribution >= 0.6 is 0 Å². The zero-order valence-electron chi connectivity index (χ0n) is 19.4. The van der Waals surface area contributed by atoms with Crippen LogP contribution in [0.4, 0.5) is 17.5 Å². The highest BCUT2D eigenvalue weighted by molar-refractivity contribution is 5.71. The second-order valence-corrected chi connectivity index (χ2v) is 7.35. The molecule has 0 radical (unpaired) electrons.